The highest BCUT2D eigenvalue weighted by Crippen LogP contribution is 2.11. The first-order valence-electron chi connectivity index (χ1n) is 5.49. The quantitative estimate of drug-likeness (QED) is 0.807. The molecule has 0 spiro atoms. The predicted molar refractivity (Wildman–Crippen MR) is 68.8 cm³/mol. The van der Waals surface area contributed by atoms with Gasteiger partial charge in [-0.1, -0.05) is 6.92 Å². The molecule has 1 atom stereocenters. The third-order valence-electron chi connectivity index (χ3n) is 2.34. The Hall–Kier alpha value is -1.47. The van der Waals surface area contributed by atoms with Gasteiger partial charge in [0.1, 0.15) is 0 Å². The molecule has 0 bridgehead atoms. The molecule has 3 N–H and O–H groups in total. The minimum absolute atomic E-state index is 0.0178. The average molecular weight is 271 g/mol. The fourth-order valence-corrected chi connectivity index (χ4v) is 1.84. The van der Waals surface area contributed by atoms with Crippen LogP contribution in [0.15, 0.2) is 23.4 Å². The second-order valence-corrected chi connectivity index (χ2v) is 6.21. The summed E-state index contributed by atoms with van der Waals surface area (Å²) in [6, 6.07) is 2.87. The van der Waals surface area contributed by atoms with Crippen LogP contribution in [0.25, 0.3) is 0 Å². The molecule has 0 fully saturated rings. The van der Waals surface area contributed by atoms with E-state index in [4.69, 9.17) is 5.73 Å². The monoisotopic (exact) mass is 271 g/mol. The molecule has 6 nitrogen and oxygen atoms in total. The van der Waals surface area contributed by atoms with E-state index in [1.807, 2.05) is 6.92 Å². The van der Waals surface area contributed by atoms with Crippen molar-refractivity contribution in [2.24, 2.45) is 11.7 Å². The number of carbonyl (C=O) groups excluding carboxylic acids is 1. The first-order valence-corrected chi connectivity index (χ1v) is 7.38. The maximum Gasteiger partial charge on any atom is 0.224 e. The summed E-state index contributed by atoms with van der Waals surface area (Å²) in [6.45, 7) is 2.32. The first-order chi connectivity index (χ1) is 8.32. The molecule has 0 aromatic carbocycles. The minimum atomic E-state index is -3.31. The van der Waals surface area contributed by atoms with E-state index in [9.17, 15) is 13.2 Å². The molecule has 0 radical (unpaired) electrons. The van der Waals surface area contributed by atoms with E-state index in [1.165, 1.54) is 18.3 Å². The van der Waals surface area contributed by atoms with E-state index >= 15 is 0 Å². The molecule has 100 valence electrons. The molecule has 0 aliphatic carbocycles. The van der Waals surface area contributed by atoms with Gasteiger partial charge in [0, 0.05) is 12.7 Å². The van der Waals surface area contributed by atoms with Gasteiger partial charge in [0.25, 0.3) is 0 Å². The van der Waals surface area contributed by atoms with E-state index in [-0.39, 0.29) is 16.9 Å². The van der Waals surface area contributed by atoms with Crippen molar-refractivity contribution < 1.29 is 13.2 Å². The Bertz CT molecular complexity index is 511. The summed E-state index contributed by atoms with van der Waals surface area (Å²) >= 11 is 0. The van der Waals surface area contributed by atoms with E-state index in [1.54, 1.807) is 0 Å². The number of sulfone groups is 1. The Morgan fingerprint density at radius 1 is 1.50 bits per heavy atom. The Balaban J connectivity index is 2.67. The van der Waals surface area contributed by atoms with Crippen LogP contribution in [0.5, 0.6) is 0 Å². The van der Waals surface area contributed by atoms with Gasteiger partial charge in [-0.15, -0.1) is 0 Å². The minimum Gasteiger partial charge on any atom is -0.330 e. The van der Waals surface area contributed by atoms with Gasteiger partial charge in [-0.3, -0.25) is 4.79 Å². The van der Waals surface area contributed by atoms with Gasteiger partial charge < -0.3 is 11.1 Å². The lowest BCUT2D eigenvalue weighted by Gasteiger charge is -2.09. The highest BCUT2D eigenvalue weighted by Gasteiger charge is 2.10. The molecule has 18 heavy (non-hydrogen) atoms. The number of amides is 1. The van der Waals surface area contributed by atoms with Crippen LogP contribution in [-0.4, -0.2) is 32.1 Å². The predicted octanol–water partition coefficient (Wildman–Crippen LogP) is 0.408. The lowest BCUT2D eigenvalue weighted by molar-refractivity contribution is -0.116. The van der Waals surface area contributed by atoms with Crippen LogP contribution in [0, 0.1) is 5.92 Å². The molecule has 1 unspecified atom stereocenters. The zero-order valence-corrected chi connectivity index (χ0v) is 11.2. The second kappa shape index (κ2) is 5.92. The van der Waals surface area contributed by atoms with Crippen molar-refractivity contribution in [1.29, 1.82) is 0 Å². The molecule has 1 heterocycles. The third-order valence-corrected chi connectivity index (χ3v) is 3.34. The number of pyridine rings is 1. The molecule has 7 heteroatoms. The summed E-state index contributed by atoms with van der Waals surface area (Å²) in [4.78, 5) is 15.3. The molecule has 0 aliphatic heterocycles. The second-order valence-electron chi connectivity index (χ2n) is 4.25. The van der Waals surface area contributed by atoms with E-state index in [2.05, 4.69) is 10.3 Å². The van der Waals surface area contributed by atoms with Crippen molar-refractivity contribution >= 4 is 21.4 Å². The molecule has 0 aliphatic rings. The highest BCUT2D eigenvalue weighted by molar-refractivity contribution is 7.90. The van der Waals surface area contributed by atoms with E-state index in [0.29, 0.717) is 18.7 Å². The summed E-state index contributed by atoms with van der Waals surface area (Å²) < 4.78 is 22.4. The van der Waals surface area contributed by atoms with Crippen LogP contribution < -0.4 is 11.1 Å². The fraction of sp³-hybridized carbons (Fsp3) is 0.455. The average Bonchev–Trinajstić information content (AvgIpc) is 2.28. The molecule has 1 aromatic rings. The SMILES string of the molecule is CC(CN)CC(=O)Nc1ccc(S(C)(=O)=O)nc1. The summed E-state index contributed by atoms with van der Waals surface area (Å²) in [5, 5.41) is 2.62. The summed E-state index contributed by atoms with van der Waals surface area (Å²) in [5.74, 6) is -0.0601. The van der Waals surface area contributed by atoms with E-state index in [0.717, 1.165) is 6.26 Å². The zero-order valence-electron chi connectivity index (χ0n) is 10.4. The van der Waals surface area contributed by atoms with Crippen LogP contribution in [-0.2, 0) is 14.6 Å². The Labute approximate surface area is 107 Å². The first kappa shape index (κ1) is 14.6. The number of aromatic nitrogens is 1. The zero-order chi connectivity index (χ0) is 13.8. The van der Waals surface area contributed by atoms with Crippen LogP contribution in [0.4, 0.5) is 5.69 Å². The molecular weight excluding hydrogens is 254 g/mol. The lowest BCUT2D eigenvalue weighted by atomic mass is 10.1. The summed E-state index contributed by atoms with van der Waals surface area (Å²) in [5.41, 5.74) is 5.89. The van der Waals surface area contributed by atoms with Crippen LogP contribution in [0.1, 0.15) is 13.3 Å². The molecule has 1 rings (SSSR count). The van der Waals surface area contributed by atoms with Gasteiger partial charge in [0.2, 0.25) is 5.91 Å². The topological polar surface area (TPSA) is 102 Å². The normalized spacial score (nSPS) is 13.1. The molecule has 0 saturated heterocycles. The number of hydrogen-bond acceptors (Lipinski definition) is 5. The number of nitrogens with two attached hydrogens (primary N) is 1. The number of anilines is 1. The van der Waals surface area contributed by atoms with Gasteiger partial charge in [-0.05, 0) is 24.6 Å². The Morgan fingerprint density at radius 3 is 2.61 bits per heavy atom. The van der Waals surface area contributed by atoms with Crippen LogP contribution in [0.2, 0.25) is 0 Å². The van der Waals surface area contributed by atoms with Gasteiger partial charge in [-0.2, -0.15) is 0 Å². The number of hydrogen-bond donors (Lipinski definition) is 2. The molecule has 0 saturated carbocycles. The van der Waals surface area contributed by atoms with Gasteiger partial charge >= 0.3 is 0 Å². The maximum absolute atomic E-state index is 11.6. The molecule has 1 aromatic heterocycles. The van der Waals surface area contributed by atoms with Gasteiger partial charge in [-0.25, -0.2) is 13.4 Å². The Morgan fingerprint density at radius 2 is 2.17 bits per heavy atom. The van der Waals surface area contributed by atoms with Crippen LogP contribution in [0.3, 0.4) is 0 Å². The largest absolute Gasteiger partial charge is 0.330 e. The maximum atomic E-state index is 11.6. The fourth-order valence-electron chi connectivity index (χ4n) is 1.29. The molecule has 1 amide bonds. The molecular formula is C11H17N3O3S. The number of nitrogens with one attached hydrogen (secondary N) is 1. The smallest absolute Gasteiger partial charge is 0.224 e. The van der Waals surface area contributed by atoms with Crippen molar-refractivity contribution in [2.75, 3.05) is 18.1 Å². The summed E-state index contributed by atoms with van der Waals surface area (Å²) in [6.07, 6.45) is 2.72. The summed E-state index contributed by atoms with van der Waals surface area (Å²) in [7, 11) is -3.31. The van der Waals surface area contributed by atoms with Crippen molar-refractivity contribution in [3.8, 4) is 0 Å². The van der Waals surface area contributed by atoms with Gasteiger partial charge in [0.15, 0.2) is 14.9 Å². The Kier molecular flexibility index (Phi) is 4.80. The standard InChI is InChI=1S/C11H17N3O3S/c1-8(6-12)5-10(15)14-9-3-4-11(13-7-9)18(2,16)17/h3-4,7-8H,5-6,12H2,1-2H3,(H,14,15). The third kappa shape index (κ3) is 4.42. The van der Waals surface area contributed by atoms with Crippen molar-refractivity contribution in [1.82, 2.24) is 4.98 Å². The van der Waals surface area contributed by atoms with Crippen molar-refractivity contribution in [3.63, 3.8) is 0 Å². The number of nitrogens with zero attached hydrogens (tertiary/aromatic N) is 1. The lowest BCUT2D eigenvalue weighted by Crippen LogP contribution is -2.20. The highest BCUT2D eigenvalue weighted by atomic mass is 32.2. The number of rotatable bonds is 5. The van der Waals surface area contributed by atoms with Crippen molar-refractivity contribution in [2.45, 2.75) is 18.4 Å². The number of carbonyl (C=O) groups is 1. The van der Waals surface area contributed by atoms with Crippen LogP contribution >= 0.6 is 0 Å². The van der Waals surface area contributed by atoms with E-state index < -0.39 is 9.84 Å². The van der Waals surface area contributed by atoms with Gasteiger partial charge in [0.05, 0.1) is 11.9 Å². The van der Waals surface area contributed by atoms with Crippen molar-refractivity contribution in [3.05, 3.63) is 18.3 Å².